The first-order chi connectivity index (χ1) is 11.5. The lowest BCUT2D eigenvalue weighted by Crippen LogP contribution is -2.42. The largest absolute Gasteiger partial charge is 0.474 e. The van der Waals surface area contributed by atoms with Gasteiger partial charge in [-0.1, -0.05) is 11.6 Å². The fourth-order valence-corrected chi connectivity index (χ4v) is 2.78. The number of aromatic nitrogens is 3. The van der Waals surface area contributed by atoms with Crippen LogP contribution < -0.4 is 10.3 Å². The van der Waals surface area contributed by atoms with Gasteiger partial charge in [-0.25, -0.2) is 4.98 Å². The molecule has 1 aliphatic heterocycles. The highest BCUT2D eigenvalue weighted by atomic mass is 35.5. The maximum absolute atomic E-state index is 12.5. The summed E-state index contributed by atoms with van der Waals surface area (Å²) in [6.07, 6.45) is 4.50. The first kappa shape index (κ1) is 16.4. The number of halogens is 1. The second-order valence-electron chi connectivity index (χ2n) is 5.62. The van der Waals surface area contributed by atoms with Crippen LogP contribution in [-0.4, -0.2) is 45.0 Å². The second kappa shape index (κ2) is 7.00. The Morgan fingerprint density at radius 3 is 2.83 bits per heavy atom. The highest BCUT2D eigenvalue weighted by Crippen LogP contribution is 2.19. The van der Waals surface area contributed by atoms with Crippen molar-refractivity contribution in [3.63, 3.8) is 0 Å². The Balaban J connectivity index is 1.59. The number of carbonyl (C=O) groups excluding carboxylic acids is 1. The molecule has 126 valence electrons. The van der Waals surface area contributed by atoms with Crippen LogP contribution in [0.3, 0.4) is 0 Å². The van der Waals surface area contributed by atoms with E-state index in [4.69, 9.17) is 16.3 Å². The maximum Gasteiger partial charge on any atom is 0.266 e. The first-order valence-corrected chi connectivity index (χ1v) is 8.04. The minimum atomic E-state index is -0.402. The van der Waals surface area contributed by atoms with Gasteiger partial charge >= 0.3 is 0 Å². The smallest absolute Gasteiger partial charge is 0.266 e. The van der Waals surface area contributed by atoms with Crippen molar-refractivity contribution in [3.05, 3.63) is 51.3 Å². The van der Waals surface area contributed by atoms with E-state index < -0.39 is 5.56 Å². The van der Waals surface area contributed by atoms with Gasteiger partial charge in [0.05, 0.1) is 5.56 Å². The molecule has 24 heavy (non-hydrogen) atoms. The Morgan fingerprint density at radius 1 is 1.42 bits per heavy atom. The number of hydrogen-bond donors (Lipinski definition) is 1. The van der Waals surface area contributed by atoms with E-state index in [0.717, 1.165) is 0 Å². The van der Waals surface area contributed by atoms with Crippen LogP contribution in [0.15, 0.2) is 29.3 Å². The van der Waals surface area contributed by atoms with Crippen LogP contribution in [0.2, 0.25) is 5.02 Å². The van der Waals surface area contributed by atoms with E-state index in [1.165, 1.54) is 12.3 Å². The number of amides is 1. The number of aromatic amines is 1. The zero-order valence-corrected chi connectivity index (χ0v) is 13.9. The molecule has 3 heterocycles. The third-order valence-electron chi connectivity index (χ3n) is 3.87. The van der Waals surface area contributed by atoms with Crippen LogP contribution in [0.1, 0.15) is 29.0 Å². The van der Waals surface area contributed by atoms with Gasteiger partial charge in [0.25, 0.3) is 11.5 Å². The highest BCUT2D eigenvalue weighted by Gasteiger charge is 2.25. The number of hydrogen-bond acceptors (Lipinski definition) is 5. The van der Waals surface area contributed by atoms with Crippen molar-refractivity contribution in [3.8, 4) is 5.88 Å². The standard InChI is InChI=1S/C16H17ClN4O3/c1-10-18-5-2-14(20-10)24-12-3-6-21(7-4-12)16(23)11-8-13(17)15(22)19-9-11/h2,5,8-9,12H,3-4,6-7H2,1H3,(H,19,22). The molecule has 0 aliphatic carbocycles. The average Bonchev–Trinajstić information content (AvgIpc) is 2.57. The van der Waals surface area contributed by atoms with Crippen LogP contribution in [0.4, 0.5) is 0 Å². The van der Waals surface area contributed by atoms with Crippen molar-refractivity contribution >= 4 is 17.5 Å². The number of rotatable bonds is 3. The Labute approximate surface area is 143 Å². The summed E-state index contributed by atoms with van der Waals surface area (Å²) in [7, 11) is 0. The first-order valence-electron chi connectivity index (χ1n) is 7.67. The van der Waals surface area contributed by atoms with Crippen molar-refractivity contribution in [1.29, 1.82) is 0 Å². The van der Waals surface area contributed by atoms with E-state index >= 15 is 0 Å². The molecule has 1 saturated heterocycles. The molecular weight excluding hydrogens is 332 g/mol. The molecule has 1 fully saturated rings. The quantitative estimate of drug-likeness (QED) is 0.913. The van der Waals surface area contributed by atoms with E-state index in [-0.39, 0.29) is 17.0 Å². The molecule has 7 nitrogen and oxygen atoms in total. The van der Waals surface area contributed by atoms with Gasteiger partial charge in [-0.3, -0.25) is 9.59 Å². The molecule has 8 heteroatoms. The van der Waals surface area contributed by atoms with Crippen molar-refractivity contribution < 1.29 is 9.53 Å². The lowest BCUT2D eigenvalue weighted by Gasteiger charge is -2.32. The number of nitrogens with zero attached hydrogens (tertiary/aromatic N) is 3. The number of ether oxygens (including phenoxy) is 1. The molecule has 0 saturated carbocycles. The number of piperidine rings is 1. The van der Waals surface area contributed by atoms with Crippen LogP contribution in [0, 0.1) is 6.92 Å². The molecule has 1 aliphatic rings. The number of likely N-dealkylation sites (tertiary alicyclic amines) is 1. The maximum atomic E-state index is 12.5. The molecule has 0 radical (unpaired) electrons. The van der Waals surface area contributed by atoms with Gasteiger partial charge in [-0.15, -0.1) is 0 Å². The number of carbonyl (C=O) groups is 1. The van der Waals surface area contributed by atoms with Crippen LogP contribution in [-0.2, 0) is 0 Å². The monoisotopic (exact) mass is 348 g/mol. The molecule has 0 aromatic carbocycles. The predicted molar refractivity (Wildman–Crippen MR) is 88.4 cm³/mol. The minimum Gasteiger partial charge on any atom is -0.474 e. The van der Waals surface area contributed by atoms with Gasteiger partial charge in [-0.05, 0) is 13.0 Å². The molecule has 2 aromatic heterocycles. The second-order valence-corrected chi connectivity index (χ2v) is 6.02. The fourth-order valence-electron chi connectivity index (χ4n) is 2.61. The lowest BCUT2D eigenvalue weighted by atomic mass is 10.1. The molecule has 3 rings (SSSR count). The van der Waals surface area contributed by atoms with Crippen LogP contribution >= 0.6 is 11.6 Å². The molecule has 1 amide bonds. The van der Waals surface area contributed by atoms with Crippen molar-refractivity contribution in [2.45, 2.75) is 25.9 Å². The summed E-state index contributed by atoms with van der Waals surface area (Å²) < 4.78 is 5.85. The van der Waals surface area contributed by atoms with Gasteiger partial charge in [-0.2, -0.15) is 4.98 Å². The van der Waals surface area contributed by atoms with Crippen molar-refractivity contribution in [1.82, 2.24) is 19.9 Å². The van der Waals surface area contributed by atoms with E-state index in [2.05, 4.69) is 15.0 Å². The van der Waals surface area contributed by atoms with Crippen molar-refractivity contribution in [2.75, 3.05) is 13.1 Å². The summed E-state index contributed by atoms with van der Waals surface area (Å²) in [5.74, 6) is 1.07. The van der Waals surface area contributed by atoms with Gasteiger partial charge in [0.1, 0.15) is 17.0 Å². The Morgan fingerprint density at radius 2 is 2.17 bits per heavy atom. The normalized spacial score (nSPS) is 15.3. The zero-order chi connectivity index (χ0) is 17.1. The van der Waals surface area contributed by atoms with E-state index in [9.17, 15) is 9.59 Å². The van der Waals surface area contributed by atoms with Crippen LogP contribution in [0.25, 0.3) is 0 Å². The Kier molecular flexibility index (Phi) is 4.80. The molecule has 0 bridgehead atoms. The van der Waals surface area contributed by atoms with Gasteiger partial charge in [0.15, 0.2) is 0 Å². The molecule has 1 N–H and O–H groups in total. The van der Waals surface area contributed by atoms with E-state index in [1.807, 2.05) is 6.92 Å². The lowest BCUT2D eigenvalue weighted by molar-refractivity contribution is 0.0587. The third-order valence-corrected chi connectivity index (χ3v) is 4.15. The van der Waals surface area contributed by atoms with Crippen LogP contribution in [0.5, 0.6) is 5.88 Å². The van der Waals surface area contributed by atoms with E-state index in [1.54, 1.807) is 17.2 Å². The zero-order valence-electron chi connectivity index (χ0n) is 13.2. The minimum absolute atomic E-state index is 0.0122. The van der Waals surface area contributed by atoms with Gasteiger partial charge in [0, 0.05) is 44.4 Å². The summed E-state index contributed by atoms with van der Waals surface area (Å²) in [6, 6.07) is 3.13. The summed E-state index contributed by atoms with van der Waals surface area (Å²) in [4.78, 5) is 36.2. The van der Waals surface area contributed by atoms with Gasteiger partial charge < -0.3 is 14.6 Å². The third kappa shape index (κ3) is 3.73. The topological polar surface area (TPSA) is 88.2 Å². The highest BCUT2D eigenvalue weighted by molar-refractivity contribution is 6.30. The molecule has 0 spiro atoms. The number of nitrogens with one attached hydrogen (secondary N) is 1. The number of aryl methyl sites for hydroxylation is 1. The van der Waals surface area contributed by atoms with Crippen molar-refractivity contribution in [2.24, 2.45) is 0 Å². The van der Waals surface area contributed by atoms with E-state index in [0.29, 0.717) is 43.2 Å². The SMILES string of the molecule is Cc1nccc(OC2CCN(C(=O)c3c[nH]c(=O)c(Cl)c3)CC2)n1. The molecule has 2 aromatic rings. The molecule has 0 atom stereocenters. The van der Waals surface area contributed by atoms with Gasteiger partial charge in [0.2, 0.25) is 5.88 Å². The molecular formula is C16H17ClN4O3. The summed E-state index contributed by atoms with van der Waals surface area (Å²) in [5, 5.41) is 0.0122. The summed E-state index contributed by atoms with van der Waals surface area (Å²) in [6.45, 7) is 2.96. The Hall–Kier alpha value is -2.41. The Bertz CT molecular complexity index is 800. The number of H-pyrrole nitrogens is 1. The number of pyridine rings is 1. The molecule has 0 unspecified atom stereocenters. The predicted octanol–water partition coefficient (Wildman–Crippen LogP) is 1.81. The average molecular weight is 349 g/mol. The summed E-state index contributed by atoms with van der Waals surface area (Å²) in [5.41, 5.74) is -0.0223. The summed E-state index contributed by atoms with van der Waals surface area (Å²) >= 11 is 5.78. The fraction of sp³-hybridized carbons (Fsp3) is 0.375.